The Morgan fingerprint density at radius 3 is 2.70 bits per heavy atom. The third kappa shape index (κ3) is 1.05. The highest BCUT2D eigenvalue weighted by atomic mass is 16.5. The lowest BCUT2D eigenvalue weighted by molar-refractivity contribution is 0.0882. The molecule has 1 aliphatic heterocycles. The van der Waals surface area contributed by atoms with Crippen LogP contribution in [0.2, 0.25) is 0 Å². The molecule has 0 aromatic heterocycles. The molecule has 3 heteroatoms. The van der Waals surface area contributed by atoms with Crippen LogP contribution in [-0.4, -0.2) is 31.8 Å². The Kier molecular flexibility index (Phi) is 2.28. The molecule has 3 nitrogen and oxygen atoms in total. The van der Waals surface area contributed by atoms with E-state index in [9.17, 15) is 0 Å². The summed E-state index contributed by atoms with van der Waals surface area (Å²) >= 11 is 0. The Labute approximate surface area is 61.9 Å². The van der Waals surface area contributed by atoms with E-state index >= 15 is 0 Å². The molecule has 0 amide bonds. The average Bonchev–Trinajstić information content (AvgIpc) is 2.32. The summed E-state index contributed by atoms with van der Waals surface area (Å²) < 4.78 is 5.41. The van der Waals surface area contributed by atoms with E-state index in [2.05, 4.69) is 12.2 Å². The highest BCUT2D eigenvalue weighted by Gasteiger charge is 2.38. The molecule has 1 fully saturated rings. The Hall–Kier alpha value is -0.120. The predicted octanol–water partition coefficient (Wildman–Crippen LogP) is -0.288. The van der Waals surface area contributed by atoms with Gasteiger partial charge in [0.05, 0.1) is 11.6 Å². The lowest BCUT2D eigenvalue weighted by atomic mass is 9.93. The standard InChI is InChI=1S/C7H16N2O/c1-6-7(5-8,9-2)3-4-10-6/h6,9H,3-5,8H2,1-2H3. The number of nitrogens with one attached hydrogen (secondary N) is 1. The molecule has 1 rings (SSSR count). The molecule has 1 saturated heterocycles. The summed E-state index contributed by atoms with van der Waals surface area (Å²) in [6.45, 7) is 3.56. The molecule has 0 aromatic carbocycles. The van der Waals surface area contributed by atoms with E-state index in [4.69, 9.17) is 10.5 Å². The minimum absolute atomic E-state index is 0.0417. The largest absolute Gasteiger partial charge is 0.376 e. The molecular formula is C7H16N2O. The SMILES string of the molecule is CNC1(CN)CCOC1C. The second-order valence-electron chi connectivity index (χ2n) is 2.87. The molecule has 0 saturated carbocycles. The minimum atomic E-state index is 0.0417. The molecule has 1 aliphatic rings. The van der Waals surface area contributed by atoms with Gasteiger partial charge in [-0.3, -0.25) is 0 Å². The maximum absolute atomic E-state index is 5.63. The highest BCUT2D eigenvalue weighted by molar-refractivity contribution is 4.97. The third-order valence-electron chi connectivity index (χ3n) is 2.56. The van der Waals surface area contributed by atoms with Gasteiger partial charge in [-0.2, -0.15) is 0 Å². The van der Waals surface area contributed by atoms with Crippen molar-refractivity contribution in [1.82, 2.24) is 5.32 Å². The van der Waals surface area contributed by atoms with E-state index in [0.717, 1.165) is 13.0 Å². The van der Waals surface area contributed by atoms with Crippen LogP contribution in [0.25, 0.3) is 0 Å². The number of rotatable bonds is 2. The third-order valence-corrected chi connectivity index (χ3v) is 2.56. The number of ether oxygens (including phenoxy) is 1. The van der Waals surface area contributed by atoms with Gasteiger partial charge in [-0.05, 0) is 20.4 Å². The first-order valence-corrected chi connectivity index (χ1v) is 3.76. The molecule has 10 heavy (non-hydrogen) atoms. The average molecular weight is 144 g/mol. The fourth-order valence-electron chi connectivity index (χ4n) is 1.48. The first kappa shape index (κ1) is 7.98. The van der Waals surface area contributed by atoms with Gasteiger partial charge in [0.15, 0.2) is 0 Å². The fraction of sp³-hybridized carbons (Fsp3) is 1.00. The quantitative estimate of drug-likeness (QED) is 0.560. The molecule has 0 aromatic rings. The van der Waals surface area contributed by atoms with Gasteiger partial charge in [-0.25, -0.2) is 0 Å². The zero-order chi connectivity index (χ0) is 7.61. The van der Waals surface area contributed by atoms with Crippen molar-refractivity contribution in [2.24, 2.45) is 5.73 Å². The van der Waals surface area contributed by atoms with Gasteiger partial charge < -0.3 is 15.8 Å². The van der Waals surface area contributed by atoms with Crippen molar-refractivity contribution in [2.75, 3.05) is 20.2 Å². The summed E-state index contributed by atoms with van der Waals surface area (Å²) in [5, 5.41) is 3.23. The Balaban J connectivity index is 2.61. The maximum Gasteiger partial charge on any atom is 0.0741 e. The van der Waals surface area contributed by atoms with Gasteiger partial charge in [0.1, 0.15) is 0 Å². The molecule has 0 radical (unpaired) electrons. The molecule has 1 heterocycles. The fourth-order valence-corrected chi connectivity index (χ4v) is 1.48. The minimum Gasteiger partial charge on any atom is -0.376 e. The lowest BCUT2D eigenvalue weighted by Crippen LogP contribution is -2.54. The first-order chi connectivity index (χ1) is 4.75. The van der Waals surface area contributed by atoms with Crippen molar-refractivity contribution >= 4 is 0 Å². The summed E-state index contributed by atoms with van der Waals surface area (Å²) in [6.07, 6.45) is 1.28. The summed E-state index contributed by atoms with van der Waals surface area (Å²) in [5.41, 5.74) is 5.67. The molecule has 3 N–H and O–H groups in total. The van der Waals surface area contributed by atoms with Crippen molar-refractivity contribution in [3.05, 3.63) is 0 Å². The van der Waals surface area contributed by atoms with Crippen molar-refractivity contribution in [3.8, 4) is 0 Å². The number of nitrogens with two attached hydrogens (primary N) is 1. The molecular weight excluding hydrogens is 128 g/mol. The predicted molar refractivity (Wildman–Crippen MR) is 40.9 cm³/mol. The van der Waals surface area contributed by atoms with Gasteiger partial charge in [0.2, 0.25) is 0 Å². The summed E-state index contributed by atoms with van der Waals surface area (Å²) in [4.78, 5) is 0. The highest BCUT2D eigenvalue weighted by Crippen LogP contribution is 2.23. The summed E-state index contributed by atoms with van der Waals surface area (Å²) in [6, 6.07) is 0. The first-order valence-electron chi connectivity index (χ1n) is 3.76. The molecule has 0 aliphatic carbocycles. The maximum atomic E-state index is 5.63. The second kappa shape index (κ2) is 2.86. The number of hydrogen-bond acceptors (Lipinski definition) is 3. The van der Waals surface area contributed by atoms with E-state index in [1.807, 2.05) is 7.05 Å². The van der Waals surface area contributed by atoms with E-state index in [-0.39, 0.29) is 11.6 Å². The van der Waals surface area contributed by atoms with Gasteiger partial charge in [-0.1, -0.05) is 0 Å². The second-order valence-corrected chi connectivity index (χ2v) is 2.87. The smallest absolute Gasteiger partial charge is 0.0741 e. The van der Waals surface area contributed by atoms with Gasteiger partial charge in [0, 0.05) is 13.2 Å². The van der Waals surface area contributed by atoms with Gasteiger partial charge in [0.25, 0.3) is 0 Å². The van der Waals surface area contributed by atoms with Crippen LogP contribution < -0.4 is 11.1 Å². The van der Waals surface area contributed by atoms with Crippen molar-refractivity contribution in [3.63, 3.8) is 0 Å². The summed E-state index contributed by atoms with van der Waals surface area (Å²) in [7, 11) is 1.94. The van der Waals surface area contributed by atoms with Gasteiger partial charge in [-0.15, -0.1) is 0 Å². The Morgan fingerprint density at radius 1 is 1.80 bits per heavy atom. The van der Waals surface area contributed by atoms with Crippen LogP contribution in [-0.2, 0) is 4.74 Å². The molecule has 60 valence electrons. The van der Waals surface area contributed by atoms with E-state index in [1.165, 1.54) is 0 Å². The monoisotopic (exact) mass is 144 g/mol. The van der Waals surface area contributed by atoms with Crippen LogP contribution in [0.5, 0.6) is 0 Å². The van der Waals surface area contributed by atoms with Crippen molar-refractivity contribution < 1.29 is 4.74 Å². The number of likely N-dealkylation sites (N-methyl/N-ethyl adjacent to an activating group) is 1. The molecule has 2 atom stereocenters. The van der Waals surface area contributed by atoms with Gasteiger partial charge >= 0.3 is 0 Å². The molecule has 2 unspecified atom stereocenters. The van der Waals surface area contributed by atoms with Crippen LogP contribution in [0.15, 0.2) is 0 Å². The van der Waals surface area contributed by atoms with E-state index in [0.29, 0.717) is 6.54 Å². The van der Waals surface area contributed by atoms with Crippen LogP contribution in [0.3, 0.4) is 0 Å². The Bertz CT molecular complexity index is 112. The van der Waals surface area contributed by atoms with Crippen LogP contribution >= 0.6 is 0 Å². The van der Waals surface area contributed by atoms with Crippen LogP contribution in [0.4, 0.5) is 0 Å². The normalized spacial score (nSPS) is 40.5. The van der Waals surface area contributed by atoms with Crippen LogP contribution in [0, 0.1) is 0 Å². The lowest BCUT2D eigenvalue weighted by Gasteiger charge is -2.29. The van der Waals surface area contributed by atoms with E-state index in [1.54, 1.807) is 0 Å². The van der Waals surface area contributed by atoms with Crippen molar-refractivity contribution in [1.29, 1.82) is 0 Å². The topological polar surface area (TPSA) is 47.3 Å². The van der Waals surface area contributed by atoms with Crippen LogP contribution in [0.1, 0.15) is 13.3 Å². The molecule has 0 bridgehead atoms. The zero-order valence-corrected chi connectivity index (χ0v) is 6.68. The van der Waals surface area contributed by atoms with E-state index < -0.39 is 0 Å². The van der Waals surface area contributed by atoms with Crippen molar-refractivity contribution in [2.45, 2.75) is 25.0 Å². The number of hydrogen-bond donors (Lipinski definition) is 2. The summed E-state index contributed by atoms with van der Waals surface area (Å²) in [5.74, 6) is 0. The molecule has 0 spiro atoms. The zero-order valence-electron chi connectivity index (χ0n) is 6.68. The Morgan fingerprint density at radius 2 is 2.50 bits per heavy atom.